The number of carbonyl (C=O) groups is 1. The van der Waals surface area contributed by atoms with Gasteiger partial charge in [-0.15, -0.1) is 0 Å². The van der Waals surface area contributed by atoms with Crippen molar-refractivity contribution in [2.45, 2.75) is 38.3 Å². The molecule has 1 N–H and O–H groups in total. The average Bonchev–Trinajstić information content (AvgIpc) is 2.92. The molecule has 1 aromatic heterocycles. The lowest BCUT2D eigenvalue weighted by atomic mass is 10.0. The molecule has 3 rings (SSSR count). The largest absolute Gasteiger partial charge is 0.333 e. The fraction of sp³-hybridized carbons (Fsp3) is 0.400. The second-order valence-corrected chi connectivity index (χ2v) is 6.85. The first-order valence-electron chi connectivity index (χ1n) is 8.87. The van der Waals surface area contributed by atoms with Crippen LogP contribution < -0.4 is 5.32 Å². The molecular weight excluding hydrogens is 334 g/mol. The Hall–Kier alpha value is -1.91. The van der Waals surface area contributed by atoms with Crippen LogP contribution in [0.3, 0.4) is 0 Å². The van der Waals surface area contributed by atoms with Crippen molar-refractivity contribution in [2.24, 2.45) is 0 Å². The SMILES string of the molecule is O=C(Cc1ccccc1Cl)N(Cc1ccccn1)C1CCCNCC1. The highest BCUT2D eigenvalue weighted by Crippen LogP contribution is 2.21. The maximum Gasteiger partial charge on any atom is 0.227 e. The van der Waals surface area contributed by atoms with Crippen LogP contribution in [0, 0.1) is 0 Å². The van der Waals surface area contributed by atoms with Gasteiger partial charge in [-0.25, -0.2) is 0 Å². The molecule has 1 atom stereocenters. The highest BCUT2D eigenvalue weighted by atomic mass is 35.5. The number of benzene rings is 1. The van der Waals surface area contributed by atoms with E-state index in [0.29, 0.717) is 18.0 Å². The van der Waals surface area contributed by atoms with Gasteiger partial charge in [0.2, 0.25) is 5.91 Å². The van der Waals surface area contributed by atoms with Gasteiger partial charge in [-0.3, -0.25) is 9.78 Å². The first-order chi connectivity index (χ1) is 12.2. The lowest BCUT2D eigenvalue weighted by molar-refractivity contribution is -0.133. The molecule has 0 radical (unpaired) electrons. The van der Waals surface area contributed by atoms with Crippen LogP contribution in [0.2, 0.25) is 5.02 Å². The van der Waals surface area contributed by atoms with E-state index in [1.807, 2.05) is 47.4 Å². The van der Waals surface area contributed by atoms with E-state index in [4.69, 9.17) is 11.6 Å². The molecule has 25 heavy (non-hydrogen) atoms. The van der Waals surface area contributed by atoms with Crippen molar-refractivity contribution < 1.29 is 4.79 Å². The monoisotopic (exact) mass is 357 g/mol. The fourth-order valence-corrected chi connectivity index (χ4v) is 3.51. The molecule has 5 heteroatoms. The minimum atomic E-state index is 0.116. The van der Waals surface area contributed by atoms with Crippen molar-refractivity contribution in [2.75, 3.05) is 13.1 Å². The van der Waals surface area contributed by atoms with Crippen LogP contribution in [-0.2, 0) is 17.8 Å². The summed E-state index contributed by atoms with van der Waals surface area (Å²) in [5.41, 5.74) is 1.80. The van der Waals surface area contributed by atoms with Crippen LogP contribution in [0.1, 0.15) is 30.5 Å². The normalized spacial score (nSPS) is 17.7. The molecule has 1 aromatic carbocycles. The van der Waals surface area contributed by atoms with E-state index >= 15 is 0 Å². The van der Waals surface area contributed by atoms with Crippen molar-refractivity contribution in [3.8, 4) is 0 Å². The molecule has 0 saturated carbocycles. The van der Waals surface area contributed by atoms with Gasteiger partial charge in [0.05, 0.1) is 18.7 Å². The Morgan fingerprint density at radius 3 is 2.80 bits per heavy atom. The number of halogens is 1. The Balaban J connectivity index is 1.79. The van der Waals surface area contributed by atoms with E-state index in [1.165, 1.54) is 0 Å². The lowest BCUT2D eigenvalue weighted by Gasteiger charge is -2.31. The number of rotatable bonds is 5. The van der Waals surface area contributed by atoms with Gasteiger partial charge in [-0.1, -0.05) is 35.9 Å². The Morgan fingerprint density at radius 1 is 1.16 bits per heavy atom. The Morgan fingerprint density at radius 2 is 2.00 bits per heavy atom. The van der Waals surface area contributed by atoms with Crippen LogP contribution in [0.4, 0.5) is 0 Å². The molecule has 1 unspecified atom stereocenters. The molecule has 1 saturated heterocycles. The van der Waals surface area contributed by atoms with Gasteiger partial charge in [-0.2, -0.15) is 0 Å². The number of aromatic nitrogens is 1. The van der Waals surface area contributed by atoms with Gasteiger partial charge in [-0.05, 0) is 56.1 Å². The van der Waals surface area contributed by atoms with E-state index in [-0.39, 0.29) is 11.9 Å². The third kappa shape index (κ3) is 5.03. The third-order valence-electron chi connectivity index (χ3n) is 4.66. The van der Waals surface area contributed by atoms with Crippen LogP contribution in [0.5, 0.6) is 0 Å². The zero-order valence-corrected chi connectivity index (χ0v) is 15.1. The van der Waals surface area contributed by atoms with Crippen molar-refractivity contribution in [1.82, 2.24) is 15.2 Å². The topological polar surface area (TPSA) is 45.2 Å². The molecule has 1 amide bonds. The van der Waals surface area contributed by atoms with Gasteiger partial charge in [0.15, 0.2) is 0 Å². The molecule has 1 aliphatic rings. The summed E-state index contributed by atoms with van der Waals surface area (Å²) < 4.78 is 0. The van der Waals surface area contributed by atoms with E-state index in [1.54, 1.807) is 6.20 Å². The summed E-state index contributed by atoms with van der Waals surface area (Å²) in [5.74, 6) is 0.116. The second-order valence-electron chi connectivity index (χ2n) is 6.45. The fourth-order valence-electron chi connectivity index (χ4n) is 3.31. The van der Waals surface area contributed by atoms with Crippen molar-refractivity contribution >= 4 is 17.5 Å². The third-order valence-corrected chi connectivity index (χ3v) is 5.03. The van der Waals surface area contributed by atoms with Gasteiger partial charge in [0, 0.05) is 17.3 Å². The highest BCUT2D eigenvalue weighted by molar-refractivity contribution is 6.31. The van der Waals surface area contributed by atoms with E-state index in [0.717, 1.165) is 43.6 Å². The number of nitrogens with zero attached hydrogens (tertiary/aromatic N) is 2. The summed E-state index contributed by atoms with van der Waals surface area (Å²) >= 11 is 6.25. The van der Waals surface area contributed by atoms with Crippen LogP contribution >= 0.6 is 11.6 Å². The zero-order valence-electron chi connectivity index (χ0n) is 14.3. The molecule has 2 aromatic rings. The predicted molar refractivity (Wildman–Crippen MR) is 100 cm³/mol. The first kappa shape index (κ1) is 17.9. The minimum absolute atomic E-state index is 0.116. The summed E-state index contributed by atoms with van der Waals surface area (Å²) in [4.78, 5) is 19.5. The zero-order chi connectivity index (χ0) is 17.5. The standard InChI is InChI=1S/C20H24ClN3O/c21-19-9-2-1-6-16(19)14-20(25)24(15-17-7-3-4-12-23-17)18-8-5-11-22-13-10-18/h1-4,6-7,9,12,18,22H,5,8,10-11,13-15H2. The Labute approximate surface area is 154 Å². The number of amides is 1. The number of pyridine rings is 1. The van der Waals surface area contributed by atoms with Crippen LogP contribution in [-0.4, -0.2) is 34.9 Å². The van der Waals surface area contributed by atoms with E-state index in [9.17, 15) is 4.79 Å². The number of carbonyl (C=O) groups excluding carboxylic acids is 1. The molecule has 132 valence electrons. The van der Waals surface area contributed by atoms with Crippen molar-refractivity contribution in [3.05, 3.63) is 64.9 Å². The van der Waals surface area contributed by atoms with E-state index < -0.39 is 0 Å². The van der Waals surface area contributed by atoms with Gasteiger partial charge >= 0.3 is 0 Å². The number of hydrogen-bond acceptors (Lipinski definition) is 3. The van der Waals surface area contributed by atoms with E-state index in [2.05, 4.69) is 10.3 Å². The summed E-state index contributed by atoms with van der Waals surface area (Å²) in [6.45, 7) is 2.52. The summed E-state index contributed by atoms with van der Waals surface area (Å²) in [5, 5.41) is 4.07. The average molecular weight is 358 g/mol. The van der Waals surface area contributed by atoms with Crippen molar-refractivity contribution in [3.63, 3.8) is 0 Å². The maximum absolute atomic E-state index is 13.1. The number of hydrogen-bond donors (Lipinski definition) is 1. The first-order valence-corrected chi connectivity index (χ1v) is 9.25. The smallest absolute Gasteiger partial charge is 0.227 e. The molecule has 2 heterocycles. The second kappa shape index (κ2) is 8.97. The molecule has 1 aliphatic heterocycles. The molecule has 0 spiro atoms. The van der Waals surface area contributed by atoms with Gasteiger partial charge in [0.1, 0.15) is 0 Å². The molecule has 1 fully saturated rings. The van der Waals surface area contributed by atoms with Gasteiger partial charge in [0.25, 0.3) is 0 Å². The molecule has 0 aliphatic carbocycles. The Kier molecular flexibility index (Phi) is 6.42. The molecule has 0 bridgehead atoms. The minimum Gasteiger partial charge on any atom is -0.333 e. The van der Waals surface area contributed by atoms with Crippen LogP contribution in [0.25, 0.3) is 0 Å². The quantitative estimate of drug-likeness (QED) is 0.891. The lowest BCUT2D eigenvalue weighted by Crippen LogP contribution is -2.41. The molecular formula is C20H24ClN3O. The van der Waals surface area contributed by atoms with Crippen LogP contribution in [0.15, 0.2) is 48.7 Å². The number of nitrogens with one attached hydrogen (secondary N) is 1. The van der Waals surface area contributed by atoms with Crippen molar-refractivity contribution in [1.29, 1.82) is 0 Å². The highest BCUT2D eigenvalue weighted by Gasteiger charge is 2.25. The summed E-state index contributed by atoms with van der Waals surface area (Å²) in [6.07, 6.45) is 5.19. The summed E-state index contributed by atoms with van der Waals surface area (Å²) in [6, 6.07) is 13.7. The van der Waals surface area contributed by atoms with Gasteiger partial charge < -0.3 is 10.2 Å². The Bertz CT molecular complexity index is 684. The maximum atomic E-state index is 13.1. The summed E-state index contributed by atoms with van der Waals surface area (Å²) in [7, 11) is 0. The molecule has 4 nitrogen and oxygen atoms in total. The predicted octanol–water partition coefficient (Wildman–Crippen LogP) is 3.45.